The molecule has 1 aromatic rings. The van der Waals surface area contributed by atoms with E-state index in [4.69, 9.17) is 23.2 Å². The van der Waals surface area contributed by atoms with Gasteiger partial charge in [-0.1, -0.05) is 35.8 Å². The first-order chi connectivity index (χ1) is 7.93. The maximum atomic E-state index is 11.7. The van der Waals surface area contributed by atoms with Gasteiger partial charge in [0, 0.05) is 5.03 Å². The predicted octanol–water partition coefficient (Wildman–Crippen LogP) is 2.73. The number of hydrogen-bond acceptors (Lipinski definition) is 3. The van der Waals surface area contributed by atoms with Crippen LogP contribution in [0.2, 0.25) is 5.02 Å². The molecule has 0 aromatic heterocycles. The molecule has 0 aliphatic heterocycles. The first-order valence-electron chi connectivity index (χ1n) is 4.48. The SMILES string of the molecule is C=C(Cl)CNC(=O)c1cccc(Cl)c1[N+](=O)[O-]. The molecule has 90 valence electrons. The summed E-state index contributed by atoms with van der Waals surface area (Å²) in [4.78, 5) is 21.7. The maximum Gasteiger partial charge on any atom is 0.300 e. The van der Waals surface area contributed by atoms with Gasteiger partial charge in [0.1, 0.15) is 10.6 Å². The van der Waals surface area contributed by atoms with Crippen LogP contribution in [0.25, 0.3) is 0 Å². The summed E-state index contributed by atoms with van der Waals surface area (Å²) in [5, 5.41) is 13.3. The van der Waals surface area contributed by atoms with Gasteiger partial charge < -0.3 is 5.32 Å². The molecule has 0 fully saturated rings. The fourth-order valence-electron chi connectivity index (χ4n) is 1.16. The zero-order valence-corrected chi connectivity index (χ0v) is 10.1. The Labute approximate surface area is 107 Å². The summed E-state index contributed by atoms with van der Waals surface area (Å²) in [6.07, 6.45) is 0. The van der Waals surface area contributed by atoms with Gasteiger partial charge in [0.05, 0.1) is 11.5 Å². The topological polar surface area (TPSA) is 72.2 Å². The number of benzene rings is 1. The number of nitrogens with zero attached hydrogens (tertiary/aromatic N) is 1. The number of nitro groups is 1. The van der Waals surface area contributed by atoms with Crippen molar-refractivity contribution in [1.29, 1.82) is 0 Å². The number of hydrogen-bond donors (Lipinski definition) is 1. The minimum absolute atomic E-state index is 0.0318. The minimum atomic E-state index is -0.702. The van der Waals surface area contributed by atoms with Crippen molar-refractivity contribution in [2.24, 2.45) is 0 Å². The average molecular weight is 275 g/mol. The molecular formula is C10H8Cl2N2O3. The van der Waals surface area contributed by atoms with Crippen molar-refractivity contribution in [3.8, 4) is 0 Å². The highest BCUT2D eigenvalue weighted by Gasteiger charge is 2.23. The standard InChI is InChI=1S/C10H8Cl2N2O3/c1-6(11)5-13-10(15)7-3-2-4-8(12)9(7)14(16)17/h2-4H,1,5H2,(H,13,15). The molecular weight excluding hydrogens is 267 g/mol. The zero-order valence-electron chi connectivity index (χ0n) is 8.57. The summed E-state index contributed by atoms with van der Waals surface area (Å²) < 4.78 is 0. The molecule has 1 amide bonds. The summed E-state index contributed by atoms with van der Waals surface area (Å²) in [7, 11) is 0. The van der Waals surface area contributed by atoms with Crippen LogP contribution in [0.4, 0.5) is 5.69 Å². The quantitative estimate of drug-likeness (QED) is 0.678. The molecule has 0 atom stereocenters. The average Bonchev–Trinajstić information content (AvgIpc) is 2.24. The van der Waals surface area contributed by atoms with Crippen molar-refractivity contribution in [2.45, 2.75) is 0 Å². The highest BCUT2D eigenvalue weighted by atomic mass is 35.5. The zero-order chi connectivity index (χ0) is 13.0. The monoisotopic (exact) mass is 274 g/mol. The van der Waals surface area contributed by atoms with E-state index in [1.165, 1.54) is 18.2 Å². The number of amides is 1. The molecule has 1 N–H and O–H groups in total. The number of nitro benzene ring substituents is 1. The van der Waals surface area contributed by atoms with E-state index in [0.29, 0.717) is 0 Å². The Balaban J connectivity index is 3.05. The Hall–Kier alpha value is -1.59. The van der Waals surface area contributed by atoms with Crippen molar-refractivity contribution >= 4 is 34.8 Å². The van der Waals surface area contributed by atoms with Crippen molar-refractivity contribution in [3.05, 3.63) is 50.5 Å². The Morgan fingerprint density at radius 2 is 2.18 bits per heavy atom. The minimum Gasteiger partial charge on any atom is -0.347 e. The van der Waals surface area contributed by atoms with Crippen LogP contribution in [-0.2, 0) is 0 Å². The second kappa shape index (κ2) is 5.65. The Morgan fingerprint density at radius 1 is 1.53 bits per heavy atom. The van der Waals surface area contributed by atoms with Crippen LogP contribution in [0.15, 0.2) is 29.8 Å². The van der Waals surface area contributed by atoms with Crippen molar-refractivity contribution < 1.29 is 9.72 Å². The molecule has 1 aromatic carbocycles. The molecule has 7 heteroatoms. The molecule has 0 bridgehead atoms. The van der Waals surface area contributed by atoms with Gasteiger partial charge in [0.25, 0.3) is 5.91 Å². The number of nitrogens with one attached hydrogen (secondary N) is 1. The van der Waals surface area contributed by atoms with E-state index in [0.717, 1.165) is 0 Å². The van der Waals surface area contributed by atoms with E-state index in [9.17, 15) is 14.9 Å². The highest BCUT2D eigenvalue weighted by Crippen LogP contribution is 2.27. The van der Waals surface area contributed by atoms with Gasteiger partial charge in [-0.3, -0.25) is 14.9 Å². The van der Waals surface area contributed by atoms with Crippen LogP contribution in [-0.4, -0.2) is 17.4 Å². The van der Waals surface area contributed by atoms with E-state index < -0.39 is 16.5 Å². The number of para-hydroxylation sites is 1. The lowest BCUT2D eigenvalue weighted by molar-refractivity contribution is -0.385. The maximum absolute atomic E-state index is 11.7. The number of halogens is 2. The lowest BCUT2D eigenvalue weighted by atomic mass is 10.1. The second-order valence-corrected chi connectivity index (χ2v) is 4.03. The van der Waals surface area contributed by atoms with Gasteiger partial charge in [-0.15, -0.1) is 0 Å². The predicted molar refractivity (Wildman–Crippen MR) is 65.4 cm³/mol. The molecule has 0 heterocycles. The second-order valence-electron chi connectivity index (χ2n) is 3.09. The van der Waals surface area contributed by atoms with Crippen LogP contribution in [0.3, 0.4) is 0 Å². The molecule has 1 rings (SSSR count). The van der Waals surface area contributed by atoms with Crippen LogP contribution >= 0.6 is 23.2 Å². The van der Waals surface area contributed by atoms with Crippen LogP contribution < -0.4 is 5.32 Å². The first kappa shape index (κ1) is 13.5. The lowest BCUT2D eigenvalue weighted by Crippen LogP contribution is -2.25. The molecule has 0 saturated carbocycles. The molecule has 5 nitrogen and oxygen atoms in total. The molecule has 0 radical (unpaired) electrons. The summed E-state index contributed by atoms with van der Waals surface area (Å²) >= 11 is 11.1. The molecule has 0 spiro atoms. The molecule has 0 unspecified atom stereocenters. The van der Waals surface area contributed by atoms with Gasteiger partial charge in [-0.05, 0) is 12.1 Å². The molecule has 17 heavy (non-hydrogen) atoms. The van der Waals surface area contributed by atoms with E-state index in [1.807, 2.05) is 0 Å². The smallest absolute Gasteiger partial charge is 0.300 e. The molecule has 0 aliphatic carbocycles. The van der Waals surface area contributed by atoms with Gasteiger partial charge >= 0.3 is 5.69 Å². The molecule has 0 aliphatic rings. The lowest BCUT2D eigenvalue weighted by Gasteiger charge is -2.05. The largest absolute Gasteiger partial charge is 0.347 e. The third-order valence-corrected chi connectivity index (χ3v) is 2.29. The fourth-order valence-corrected chi connectivity index (χ4v) is 1.47. The van der Waals surface area contributed by atoms with Gasteiger partial charge in [0.15, 0.2) is 0 Å². The van der Waals surface area contributed by atoms with Crippen LogP contribution in [0.5, 0.6) is 0 Å². The van der Waals surface area contributed by atoms with Gasteiger partial charge in [0.2, 0.25) is 0 Å². The van der Waals surface area contributed by atoms with Crippen molar-refractivity contribution in [2.75, 3.05) is 6.54 Å². The highest BCUT2D eigenvalue weighted by molar-refractivity contribution is 6.33. The van der Waals surface area contributed by atoms with Crippen molar-refractivity contribution in [3.63, 3.8) is 0 Å². The Bertz CT molecular complexity index is 488. The van der Waals surface area contributed by atoms with Crippen molar-refractivity contribution in [1.82, 2.24) is 5.32 Å². The number of rotatable bonds is 4. The van der Waals surface area contributed by atoms with E-state index in [2.05, 4.69) is 11.9 Å². The summed E-state index contributed by atoms with van der Waals surface area (Å²) in [5.41, 5.74) is -0.535. The third kappa shape index (κ3) is 3.44. The number of carbonyl (C=O) groups excluding carboxylic acids is 1. The van der Waals surface area contributed by atoms with E-state index >= 15 is 0 Å². The van der Waals surface area contributed by atoms with E-state index in [-0.39, 0.29) is 22.2 Å². The summed E-state index contributed by atoms with van der Waals surface area (Å²) in [5.74, 6) is -0.624. The van der Waals surface area contributed by atoms with Gasteiger partial charge in [-0.25, -0.2) is 0 Å². The number of carbonyl (C=O) groups is 1. The molecule has 0 saturated heterocycles. The van der Waals surface area contributed by atoms with Crippen LogP contribution in [0, 0.1) is 10.1 Å². The Morgan fingerprint density at radius 3 is 2.71 bits per heavy atom. The first-order valence-corrected chi connectivity index (χ1v) is 5.23. The third-order valence-electron chi connectivity index (χ3n) is 1.85. The Kier molecular flexibility index (Phi) is 4.48. The normalized spacial score (nSPS) is 9.76. The van der Waals surface area contributed by atoms with Gasteiger partial charge in [-0.2, -0.15) is 0 Å². The summed E-state index contributed by atoms with van der Waals surface area (Å²) in [6.45, 7) is 3.42. The van der Waals surface area contributed by atoms with E-state index in [1.54, 1.807) is 0 Å². The summed E-state index contributed by atoms with van der Waals surface area (Å²) in [6, 6.07) is 4.12. The fraction of sp³-hybridized carbons (Fsp3) is 0.100. The van der Waals surface area contributed by atoms with Crippen LogP contribution in [0.1, 0.15) is 10.4 Å².